The van der Waals surface area contributed by atoms with Crippen LogP contribution in [0.15, 0.2) is 53.7 Å². The number of rotatable bonds is 6. The standard InChI is InChI=1S/C21H19ClFN7O2/c1-29-17(16-5-7-24-21(27-16)28-18-6-8-26-30(18)2)10-25-19(20(29)32)13(11-31)12-3-4-14(22)15(23)9-12/h3-10,13,31H,11H2,1-2H3,(H,24,27,28)/t13-/m1/s1. The Morgan fingerprint density at radius 2 is 2.00 bits per heavy atom. The van der Waals surface area contributed by atoms with Gasteiger partial charge in [0.05, 0.1) is 41.3 Å². The fourth-order valence-corrected chi connectivity index (χ4v) is 3.40. The molecule has 0 fully saturated rings. The first kappa shape index (κ1) is 21.6. The van der Waals surface area contributed by atoms with Gasteiger partial charge in [0, 0.05) is 26.4 Å². The maximum absolute atomic E-state index is 13.9. The Morgan fingerprint density at radius 3 is 2.69 bits per heavy atom. The highest BCUT2D eigenvalue weighted by molar-refractivity contribution is 6.30. The van der Waals surface area contributed by atoms with Crippen molar-refractivity contribution < 1.29 is 9.50 Å². The Hall–Kier alpha value is -3.63. The molecule has 0 radical (unpaired) electrons. The van der Waals surface area contributed by atoms with E-state index in [1.165, 1.54) is 22.9 Å². The average Bonchev–Trinajstić information content (AvgIpc) is 3.18. The first-order chi connectivity index (χ1) is 15.4. The second kappa shape index (κ2) is 8.85. The number of benzene rings is 1. The lowest BCUT2D eigenvalue weighted by molar-refractivity contribution is 0.277. The van der Waals surface area contributed by atoms with E-state index < -0.39 is 23.9 Å². The van der Waals surface area contributed by atoms with Crippen molar-refractivity contribution in [3.8, 4) is 11.4 Å². The van der Waals surface area contributed by atoms with E-state index in [1.807, 2.05) is 0 Å². The van der Waals surface area contributed by atoms with Crippen LogP contribution in [0.25, 0.3) is 11.4 Å². The van der Waals surface area contributed by atoms with Crippen LogP contribution in [0.5, 0.6) is 0 Å². The number of aliphatic hydroxyl groups excluding tert-OH is 1. The minimum atomic E-state index is -0.804. The molecule has 9 nitrogen and oxygen atoms in total. The van der Waals surface area contributed by atoms with Crippen molar-refractivity contribution in [1.29, 1.82) is 0 Å². The number of nitrogens with zero attached hydrogens (tertiary/aromatic N) is 6. The van der Waals surface area contributed by atoms with Gasteiger partial charge in [0.1, 0.15) is 17.3 Å². The van der Waals surface area contributed by atoms with Gasteiger partial charge in [0.15, 0.2) is 0 Å². The summed E-state index contributed by atoms with van der Waals surface area (Å²) >= 11 is 5.74. The van der Waals surface area contributed by atoms with Crippen LogP contribution in [0.1, 0.15) is 17.2 Å². The van der Waals surface area contributed by atoms with E-state index in [2.05, 4.69) is 25.4 Å². The summed E-state index contributed by atoms with van der Waals surface area (Å²) in [6.07, 6.45) is 4.69. The molecule has 0 saturated carbocycles. The van der Waals surface area contributed by atoms with Crippen molar-refractivity contribution in [3.63, 3.8) is 0 Å². The summed E-state index contributed by atoms with van der Waals surface area (Å²) < 4.78 is 16.9. The smallest absolute Gasteiger partial charge is 0.273 e. The number of aliphatic hydroxyl groups is 1. The van der Waals surface area contributed by atoms with Gasteiger partial charge in [-0.1, -0.05) is 17.7 Å². The van der Waals surface area contributed by atoms with Gasteiger partial charge in [-0.05, 0) is 23.8 Å². The van der Waals surface area contributed by atoms with Crippen molar-refractivity contribution in [2.24, 2.45) is 14.1 Å². The van der Waals surface area contributed by atoms with Crippen LogP contribution in [0, 0.1) is 5.82 Å². The summed E-state index contributed by atoms with van der Waals surface area (Å²) in [5.74, 6) is -0.412. The van der Waals surface area contributed by atoms with Gasteiger partial charge >= 0.3 is 0 Å². The molecular weight excluding hydrogens is 437 g/mol. The third-order valence-electron chi connectivity index (χ3n) is 5.05. The Labute approximate surface area is 187 Å². The molecule has 1 atom stereocenters. The van der Waals surface area contributed by atoms with Crippen molar-refractivity contribution in [1.82, 2.24) is 29.3 Å². The molecule has 3 heterocycles. The lowest BCUT2D eigenvalue weighted by atomic mass is 9.96. The zero-order valence-electron chi connectivity index (χ0n) is 17.2. The van der Waals surface area contributed by atoms with Gasteiger partial charge in [0.2, 0.25) is 5.95 Å². The molecule has 0 bridgehead atoms. The monoisotopic (exact) mass is 455 g/mol. The van der Waals surface area contributed by atoms with Crippen molar-refractivity contribution in [2.75, 3.05) is 11.9 Å². The minimum absolute atomic E-state index is 0.0408. The third kappa shape index (κ3) is 4.10. The van der Waals surface area contributed by atoms with Crippen LogP contribution >= 0.6 is 11.6 Å². The summed E-state index contributed by atoms with van der Waals surface area (Å²) in [5, 5.41) is 17.0. The molecule has 164 valence electrons. The molecule has 0 aliphatic rings. The molecule has 4 rings (SSSR count). The predicted octanol–water partition coefficient (Wildman–Crippen LogP) is 2.63. The fourth-order valence-electron chi connectivity index (χ4n) is 3.28. The highest BCUT2D eigenvalue weighted by atomic mass is 35.5. The number of halogens is 2. The zero-order chi connectivity index (χ0) is 22.8. The second-order valence-electron chi connectivity index (χ2n) is 7.03. The lowest BCUT2D eigenvalue weighted by Gasteiger charge is -2.16. The second-order valence-corrected chi connectivity index (χ2v) is 7.44. The van der Waals surface area contributed by atoms with Crippen LogP contribution in [0.2, 0.25) is 5.02 Å². The van der Waals surface area contributed by atoms with E-state index in [1.54, 1.807) is 49.4 Å². The number of nitrogens with one attached hydrogen (secondary N) is 1. The van der Waals surface area contributed by atoms with Gasteiger partial charge in [0.25, 0.3) is 5.56 Å². The molecule has 32 heavy (non-hydrogen) atoms. The van der Waals surface area contributed by atoms with Gasteiger partial charge in [-0.2, -0.15) is 5.10 Å². The van der Waals surface area contributed by atoms with Crippen molar-refractivity contribution in [2.45, 2.75) is 5.92 Å². The Morgan fingerprint density at radius 1 is 1.19 bits per heavy atom. The molecule has 0 aliphatic carbocycles. The van der Waals surface area contributed by atoms with Crippen LogP contribution in [0.4, 0.5) is 16.2 Å². The zero-order valence-corrected chi connectivity index (χ0v) is 18.0. The quantitative estimate of drug-likeness (QED) is 0.459. The Bertz CT molecular complexity index is 1340. The molecule has 3 aromatic heterocycles. The number of anilines is 2. The normalized spacial score (nSPS) is 12.0. The summed E-state index contributed by atoms with van der Waals surface area (Å²) in [5.41, 5.74) is 0.977. The van der Waals surface area contributed by atoms with E-state index in [0.29, 0.717) is 28.7 Å². The summed E-state index contributed by atoms with van der Waals surface area (Å²) in [4.78, 5) is 26.0. The van der Waals surface area contributed by atoms with Crippen LogP contribution in [0.3, 0.4) is 0 Å². The highest BCUT2D eigenvalue weighted by Crippen LogP contribution is 2.25. The molecule has 0 saturated heterocycles. The van der Waals surface area contributed by atoms with Crippen molar-refractivity contribution in [3.05, 3.63) is 81.4 Å². The molecule has 1 aromatic carbocycles. The minimum Gasteiger partial charge on any atom is -0.395 e. The number of aromatic nitrogens is 6. The Kier molecular flexibility index (Phi) is 5.97. The SMILES string of the molecule is Cn1nccc1Nc1nccc(-c2cnc([C@H](CO)c3ccc(Cl)c(F)c3)c(=O)n2C)n1. The topological polar surface area (TPSA) is 111 Å². The van der Waals surface area contributed by atoms with E-state index in [4.69, 9.17) is 11.6 Å². The molecule has 0 spiro atoms. The molecule has 2 N–H and O–H groups in total. The van der Waals surface area contributed by atoms with E-state index >= 15 is 0 Å². The predicted molar refractivity (Wildman–Crippen MR) is 117 cm³/mol. The van der Waals surface area contributed by atoms with E-state index in [0.717, 1.165) is 0 Å². The fraction of sp³-hybridized carbons (Fsp3) is 0.190. The molecule has 4 aromatic rings. The summed E-state index contributed by atoms with van der Waals surface area (Å²) in [6.45, 7) is -0.422. The summed E-state index contributed by atoms with van der Waals surface area (Å²) in [6, 6.07) is 7.56. The highest BCUT2D eigenvalue weighted by Gasteiger charge is 2.22. The van der Waals surface area contributed by atoms with Gasteiger partial charge in [-0.3, -0.25) is 14.5 Å². The van der Waals surface area contributed by atoms with Gasteiger partial charge in [-0.25, -0.2) is 14.4 Å². The first-order valence-corrected chi connectivity index (χ1v) is 9.97. The average molecular weight is 456 g/mol. The first-order valence-electron chi connectivity index (χ1n) is 9.59. The number of hydrogen-bond donors (Lipinski definition) is 2. The molecule has 0 unspecified atom stereocenters. The lowest BCUT2D eigenvalue weighted by Crippen LogP contribution is -2.28. The van der Waals surface area contributed by atoms with Crippen LogP contribution in [-0.2, 0) is 14.1 Å². The molecule has 11 heteroatoms. The molecule has 0 amide bonds. The van der Waals surface area contributed by atoms with E-state index in [-0.39, 0.29) is 10.7 Å². The largest absolute Gasteiger partial charge is 0.395 e. The number of aryl methyl sites for hydroxylation is 1. The van der Waals surface area contributed by atoms with Crippen LogP contribution in [-0.4, -0.2) is 41.0 Å². The Balaban J connectivity index is 1.70. The van der Waals surface area contributed by atoms with Crippen LogP contribution < -0.4 is 10.9 Å². The summed E-state index contributed by atoms with van der Waals surface area (Å²) in [7, 11) is 3.36. The molecule has 0 aliphatic heterocycles. The number of hydrogen-bond acceptors (Lipinski definition) is 7. The van der Waals surface area contributed by atoms with Crippen molar-refractivity contribution >= 4 is 23.4 Å². The van der Waals surface area contributed by atoms with Gasteiger partial charge < -0.3 is 15.0 Å². The van der Waals surface area contributed by atoms with Gasteiger partial charge in [-0.15, -0.1) is 0 Å². The maximum atomic E-state index is 13.9. The van der Waals surface area contributed by atoms with E-state index in [9.17, 15) is 14.3 Å². The molecular formula is C21H19ClFN7O2. The maximum Gasteiger partial charge on any atom is 0.273 e. The third-order valence-corrected chi connectivity index (χ3v) is 5.36.